The van der Waals surface area contributed by atoms with Gasteiger partial charge in [0.05, 0.1) is 18.5 Å². The van der Waals surface area contributed by atoms with Gasteiger partial charge >= 0.3 is 59.7 Å². The highest BCUT2D eigenvalue weighted by Gasteiger charge is 2.59. The molecule has 0 spiro atoms. The Hall–Kier alpha value is -6.00. The van der Waals surface area contributed by atoms with Gasteiger partial charge in [0, 0.05) is 69.2 Å². The van der Waals surface area contributed by atoms with Crippen molar-refractivity contribution < 1.29 is 128 Å². The van der Waals surface area contributed by atoms with E-state index in [-0.39, 0.29) is 0 Å². The van der Waals surface area contributed by atoms with E-state index in [1.165, 1.54) is 19.9 Å². The molecule has 0 bridgehead atoms. The summed E-state index contributed by atoms with van der Waals surface area (Å²) in [4.78, 5) is 125. The van der Waals surface area contributed by atoms with E-state index in [2.05, 4.69) is 0 Å². The smallest absolute Gasteiger partial charge is 0.303 e. The summed E-state index contributed by atoms with van der Waals surface area (Å²) in [5.41, 5.74) is 0. The lowest BCUT2D eigenvalue weighted by molar-refractivity contribution is -0.379. The molecular weight excluding hydrogens is 960 g/mol. The van der Waals surface area contributed by atoms with Crippen molar-refractivity contribution in [1.29, 1.82) is 0 Å². The Morgan fingerprint density at radius 1 is 0.352 bits per heavy atom. The SMILES string of the molecule is CC(=O)OCC1OC=CC(O[C@@H]2OC(C)[C@@H](OC(C)=O)C(OC(C)=O)[C@H]2OC(C)=O)[C@@H]1O[C@@H]1OC(COC(C)=O)[C@H](OC(C)=O)[C@H](OC(C)=O)C1OC1OC(C)[C@H](OC(C)=O)[C@H](OC(C)=O)C1OC(C)=O. The van der Waals surface area contributed by atoms with Crippen LogP contribution in [0.25, 0.3) is 0 Å². The maximum absolute atomic E-state index is 13.0. The number of hydrogen-bond acceptors (Lipinski definition) is 27. The van der Waals surface area contributed by atoms with Crippen LogP contribution in [0.2, 0.25) is 0 Å². The fourth-order valence-corrected chi connectivity index (χ4v) is 7.99. The van der Waals surface area contributed by atoms with Crippen LogP contribution in [0.15, 0.2) is 12.3 Å². The second kappa shape index (κ2) is 25.9. The standard InChI is InChI=1S/C44H60O27/c1-17-32(60-21(5)47)36(63-24(8)50)39(66-27(11)53)42(58-17)68-29-13-14-55-30(15-56-19(3)45)34(29)70-44-41(38(65-26(10)52)35(62-23(7)49)31(69-44)16-57-20(4)46)71-43-40(67-28(12)54)37(64-25(9)51)33(18(2)59-43)61-22(6)48/h13-14,17-18,29-44H,15-16H2,1-12H3/t17?,18?,29?,30?,31?,32-,33+,34+,35+,36?,37+,38+,39-,40?,41?,42+,43?,44+/m1/s1. The fourth-order valence-electron chi connectivity index (χ4n) is 7.99. The van der Waals surface area contributed by atoms with E-state index in [1.807, 2.05) is 0 Å². The van der Waals surface area contributed by atoms with Crippen LogP contribution in [-0.4, -0.2) is 183 Å². The third-order valence-corrected chi connectivity index (χ3v) is 10.4. The Bertz CT molecular complexity index is 1990. The Balaban J connectivity index is 1.92. The molecule has 3 saturated heterocycles. The second-order valence-corrected chi connectivity index (χ2v) is 16.5. The van der Waals surface area contributed by atoms with Gasteiger partial charge in [0.1, 0.15) is 31.5 Å². The predicted octanol–water partition coefficient (Wildman–Crippen LogP) is -0.151. The first kappa shape index (κ1) is 57.6. The Morgan fingerprint density at radius 3 is 1.08 bits per heavy atom. The highest BCUT2D eigenvalue weighted by molar-refractivity contribution is 5.70. The second-order valence-electron chi connectivity index (χ2n) is 16.5. The summed E-state index contributed by atoms with van der Waals surface area (Å²) < 4.78 is 99.1. The molecule has 4 heterocycles. The molecule has 398 valence electrons. The molecular formula is C44H60O27. The normalized spacial score (nSPS) is 34.4. The van der Waals surface area contributed by atoms with Gasteiger partial charge in [-0.2, -0.15) is 0 Å². The average Bonchev–Trinajstić information content (AvgIpc) is 3.23. The minimum atomic E-state index is -1.97. The molecule has 4 aliphatic heterocycles. The Labute approximate surface area is 406 Å². The number of rotatable bonds is 18. The molecule has 3 fully saturated rings. The van der Waals surface area contributed by atoms with Crippen LogP contribution in [0.5, 0.6) is 0 Å². The van der Waals surface area contributed by atoms with Crippen LogP contribution in [0.4, 0.5) is 0 Å². The zero-order valence-corrected chi connectivity index (χ0v) is 41.0. The molecule has 0 amide bonds. The van der Waals surface area contributed by atoms with Gasteiger partial charge < -0.3 is 80.5 Å². The molecule has 27 heteroatoms. The quantitative estimate of drug-likeness (QED) is 0.127. The van der Waals surface area contributed by atoms with Crippen molar-refractivity contribution in [2.45, 2.75) is 194 Å². The Morgan fingerprint density at radius 2 is 0.676 bits per heavy atom. The summed E-state index contributed by atoms with van der Waals surface area (Å²) in [5, 5.41) is 0. The van der Waals surface area contributed by atoms with Crippen molar-refractivity contribution in [3.8, 4) is 0 Å². The minimum Gasteiger partial charge on any atom is -0.492 e. The van der Waals surface area contributed by atoms with Gasteiger partial charge in [0.15, 0.2) is 79.9 Å². The molecule has 4 rings (SSSR count). The molecule has 0 aromatic carbocycles. The van der Waals surface area contributed by atoms with Crippen LogP contribution >= 0.6 is 0 Å². The molecule has 9 unspecified atom stereocenters. The maximum atomic E-state index is 13.0. The zero-order valence-electron chi connectivity index (χ0n) is 41.0. The highest BCUT2D eigenvalue weighted by atomic mass is 16.8. The van der Waals surface area contributed by atoms with Gasteiger partial charge in [-0.05, 0) is 19.9 Å². The first-order valence-electron chi connectivity index (χ1n) is 22.1. The summed E-state index contributed by atoms with van der Waals surface area (Å²) in [5.74, 6) is -8.83. The van der Waals surface area contributed by atoms with Crippen molar-refractivity contribution in [3.63, 3.8) is 0 Å². The monoisotopic (exact) mass is 1020 g/mol. The van der Waals surface area contributed by atoms with E-state index in [4.69, 9.17) is 80.5 Å². The van der Waals surface area contributed by atoms with Crippen molar-refractivity contribution >= 4 is 59.7 Å². The molecule has 0 aliphatic carbocycles. The van der Waals surface area contributed by atoms with Crippen molar-refractivity contribution in [2.24, 2.45) is 0 Å². The number of hydrogen-bond donors (Lipinski definition) is 0. The van der Waals surface area contributed by atoms with E-state index in [0.29, 0.717) is 0 Å². The third-order valence-electron chi connectivity index (χ3n) is 10.4. The van der Waals surface area contributed by atoms with Crippen molar-refractivity contribution in [3.05, 3.63) is 12.3 Å². The van der Waals surface area contributed by atoms with E-state index < -0.39 is 183 Å². The first-order chi connectivity index (χ1) is 33.2. The van der Waals surface area contributed by atoms with Gasteiger partial charge in [0.25, 0.3) is 0 Å². The van der Waals surface area contributed by atoms with Crippen LogP contribution < -0.4 is 0 Å². The number of esters is 10. The summed E-state index contributed by atoms with van der Waals surface area (Å²) >= 11 is 0. The fraction of sp³-hybridized carbons (Fsp3) is 0.727. The predicted molar refractivity (Wildman–Crippen MR) is 224 cm³/mol. The zero-order chi connectivity index (χ0) is 53.0. The maximum Gasteiger partial charge on any atom is 0.303 e. The summed E-state index contributed by atoms with van der Waals surface area (Å²) in [6.07, 6.45) is -26.1. The van der Waals surface area contributed by atoms with Gasteiger partial charge in [-0.15, -0.1) is 0 Å². The van der Waals surface area contributed by atoms with Gasteiger partial charge in [-0.3, -0.25) is 47.9 Å². The number of ether oxygens (including phenoxy) is 17. The first-order valence-corrected chi connectivity index (χ1v) is 22.1. The summed E-state index contributed by atoms with van der Waals surface area (Å²) in [6, 6.07) is 0. The summed E-state index contributed by atoms with van der Waals surface area (Å²) in [6.45, 7) is 12.1. The molecule has 0 aromatic heterocycles. The van der Waals surface area contributed by atoms with Gasteiger partial charge in [-0.1, -0.05) is 0 Å². The summed E-state index contributed by atoms with van der Waals surface area (Å²) in [7, 11) is 0. The largest absolute Gasteiger partial charge is 0.492 e. The van der Waals surface area contributed by atoms with E-state index >= 15 is 0 Å². The number of carbonyl (C=O) groups excluding carboxylic acids is 10. The van der Waals surface area contributed by atoms with E-state index in [9.17, 15) is 47.9 Å². The topological polar surface area (TPSA) is 328 Å². The lowest BCUT2D eigenvalue weighted by Gasteiger charge is -2.49. The molecule has 0 radical (unpaired) electrons. The molecule has 0 saturated carbocycles. The van der Waals surface area contributed by atoms with Crippen LogP contribution in [-0.2, 0) is 128 Å². The minimum absolute atomic E-state index is 0.567. The van der Waals surface area contributed by atoms with Crippen LogP contribution in [0, 0.1) is 0 Å². The molecule has 71 heavy (non-hydrogen) atoms. The molecule has 0 N–H and O–H groups in total. The third kappa shape index (κ3) is 16.5. The van der Waals surface area contributed by atoms with E-state index in [0.717, 1.165) is 75.5 Å². The number of carbonyl (C=O) groups is 10. The van der Waals surface area contributed by atoms with Gasteiger partial charge in [-0.25, -0.2) is 0 Å². The van der Waals surface area contributed by atoms with Gasteiger partial charge in [0.2, 0.25) is 0 Å². The molecule has 0 aromatic rings. The highest BCUT2D eigenvalue weighted by Crippen LogP contribution is 2.38. The van der Waals surface area contributed by atoms with Crippen molar-refractivity contribution in [1.82, 2.24) is 0 Å². The van der Waals surface area contributed by atoms with Crippen LogP contribution in [0.1, 0.15) is 83.1 Å². The molecule has 27 nitrogen and oxygen atoms in total. The average molecular weight is 1020 g/mol. The molecule has 18 atom stereocenters. The van der Waals surface area contributed by atoms with Crippen LogP contribution in [0.3, 0.4) is 0 Å². The lowest BCUT2D eigenvalue weighted by Crippen LogP contribution is -2.67. The van der Waals surface area contributed by atoms with E-state index in [1.54, 1.807) is 0 Å². The lowest BCUT2D eigenvalue weighted by atomic mass is 9.96. The van der Waals surface area contributed by atoms with Crippen molar-refractivity contribution in [2.75, 3.05) is 13.2 Å². The molecule has 4 aliphatic rings. The Kier molecular flexibility index (Phi) is 21.0.